The number of halogens is 2. The molecule has 17 heavy (non-hydrogen) atoms. The quantitative estimate of drug-likeness (QED) is 0.758. The highest BCUT2D eigenvalue weighted by atomic mass is 35.5. The van der Waals surface area contributed by atoms with Gasteiger partial charge in [0.1, 0.15) is 0 Å². The van der Waals surface area contributed by atoms with E-state index >= 15 is 0 Å². The zero-order chi connectivity index (χ0) is 11.8. The highest BCUT2D eigenvalue weighted by Crippen LogP contribution is 2.10. The van der Waals surface area contributed by atoms with Gasteiger partial charge in [0.15, 0.2) is 0 Å². The molecular weight excluding hydrogens is 253 g/mol. The molecule has 0 bridgehead atoms. The van der Waals surface area contributed by atoms with E-state index in [-0.39, 0.29) is 12.4 Å². The molecule has 0 atom stereocenters. The summed E-state index contributed by atoms with van der Waals surface area (Å²) in [5.74, 6) is 0.771. The number of benzene rings is 1. The average molecular weight is 274 g/mol. The van der Waals surface area contributed by atoms with Gasteiger partial charge in [0.2, 0.25) is 0 Å². The van der Waals surface area contributed by atoms with Crippen molar-refractivity contribution in [3.63, 3.8) is 0 Å². The van der Waals surface area contributed by atoms with Crippen LogP contribution in [0.1, 0.15) is 25.8 Å². The summed E-state index contributed by atoms with van der Waals surface area (Å²) in [6.07, 6.45) is 5.48. The van der Waals surface area contributed by atoms with Crippen molar-refractivity contribution in [1.82, 2.24) is 5.32 Å². The Labute approximate surface area is 116 Å². The molecule has 1 N–H and O–H groups in total. The van der Waals surface area contributed by atoms with Crippen molar-refractivity contribution >= 4 is 30.1 Å². The summed E-state index contributed by atoms with van der Waals surface area (Å²) < 4.78 is 0. The zero-order valence-electron chi connectivity index (χ0n) is 10.4. The fourth-order valence-electron chi connectivity index (χ4n) is 1.35. The Hall–Kier alpha value is -0.500. The minimum absolute atomic E-state index is 0. The van der Waals surface area contributed by atoms with E-state index < -0.39 is 0 Å². The Morgan fingerprint density at radius 2 is 1.88 bits per heavy atom. The maximum Gasteiger partial charge on any atom is 0.0406 e. The molecule has 0 aromatic heterocycles. The standard InChI is InChI=1S/C14H20ClN.ClH/c1-12(2)9-11-16-10-3-4-13-5-7-14(15)8-6-13;/h3-8,12,16H,9-11H2,1-2H3;1H/b4-3+;. The topological polar surface area (TPSA) is 12.0 Å². The summed E-state index contributed by atoms with van der Waals surface area (Å²) in [7, 11) is 0. The second kappa shape index (κ2) is 9.52. The van der Waals surface area contributed by atoms with E-state index in [0.717, 1.165) is 24.0 Å². The number of nitrogens with one attached hydrogen (secondary N) is 1. The van der Waals surface area contributed by atoms with E-state index in [4.69, 9.17) is 11.6 Å². The van der Waals surface area contributed by atoms with E-state index in [9.17, 15) is 0 Å². The number of rotatable bonds is 6. The summed E-state index contributed by atoms with van der Waals surface area (Å²) >= 11 is 5.81. The molecule has 0 heterocycles. The van der Waals surface area contributed by atoms with Crippen molar-refractivity contribution in [3.05, 3.63) is 40.9 Å². The van der Waals surface area contributed by atoms with E-state index in [0.29, 0.717) is 0 Å². The fourth-order valence-corrected chi connectivity index (χ4v) is 1.47. The average Bonchev–Trinajstić information content (AvgIpc) is 2.25. The molecule has 0 unspecified atom stereocenters. The van der Waals surface area contributed by atoms with Gasteiger partial charge in [-0.15, -0.1) is 12.4 Å². The van der Waals surface area contributed by atoms with E-state index in [1.807, 2.05) is 24.3 Å². The van der Waals surface area contributed by atoms with E-state index in [1.165, 1.54) is 12.0 Å². The van der Waals surface area contributed by atoms with E-state index in [2.05, 4.69) is 31.3 Å². The minimum Gasteiger partial charge on any atom is -0.313 e. The second-order valence-electron chi connectivity index (χ2n) is 4.34. The van der Waals surface area contributed by atoms with Gasteiger partial charge in [0, 0.05) is 11.6 Å². The van der Waals surface area contributed by atoms with Gasteiger partial charge in [-0.05, 0) is 36.6 Å². The first-order valence-electron chi connectivity index (χ1n) is 5.81. The first-order chi connectivity index (χ1) is 7.68. The van der Waals surface area contributed by atoms with Crippen LogP contribution < -0.4 is 5.32 Å². The lowest BCUT2D eigenvalue weighted by atomic mass is 10.1. The Morgan fingerprint density at radius 3 is 2.47 bits per heavy atom. The first-order valence-corrected chi connectivity index (χ1v) is 6.19. The lowest BCUT2D eigenvalue weighted by Crippen LogP contribution is -2.16. The number of hydrogen-bond donors (Lipinski definition) is 1. The summed E-state index contributed by atoms with van der Waals surface area (Å²) in [4.78, 5) is 0. The Kier molecular flexibility index (Phi) is 9.24. The van der Waals surface area contributed by atoms with Gasteiger partial charge in [-0.25, -0.2) is 0 Å². The van der Waals surface area contributed by atoms with Crippen molar-refractivity contribution in [2.75, 3.05) is 13.1 Å². The van der Waals surface area contributed by atoms with Gasteiger partial charge in [-0.2, -0.15) is 0 Å². The third kappa shape index (κ3) is 8.25. The van der Waals surface area contributed by atoms with Crippen LogP contribution in [-0.4, -0.2) is 13.1 Å². The summed E-state index contributed by atoms with van der Waals surface area (Å²) in [6.45, 7) is 6.49. The molecular formula is C14H21Cl2N. The van der Waals surface area contributed by atoms with Crippen LogP contribution in [0.2, 0.25) is 5.02 Å². The van der Waals surface area contributed by atoms with Crippen LogP contribution in [0.4, 0.5) is 0 Å². The third-order valence-corrected chi connectivity index (χ3v) is 2.59. The molecule has 0 fully saturated rings. The lowest BCUT2D eigenvalue weighted by molar-refractivity contribution is 0.553. The fraction of sp³-hybridized carbons (Fsp3) is 0.429. The molecule has 3 heteroatoms. The maximum atomic E-state index is 5.81. The van der Waals surface area contributed by atoms with Crippen molar-refractivity contribution < 1.29 is 0 Å². The van der Waals surface area contributed by atoms with Gasteiger partial charge in [-0.1, -0.05) is 49.7 Å². The molecule has 1 nitrogen and oxygen atoms in total. The van der Waals surface area contributed by atoms with Crippen LogP contribution in [-0.2, 0) is 0 Å². The zero-order valence-corrected chi connectivity index (χ0v) is 12.0. The SMILES string of the molecule is CC(C)CCNC/C=C/c1ccc(Cl)cc1.Cl. The van der Waals surface area contributed by atoms with Crippen molar-refractivity contribution in [2.45, 2.75) is 20.3 Å². The third-order valence-electron chi connectivity index (χ3n) is 2.34. The Balaban J connectivity index is 0.00000256. The highest BCUT2D eigenvalue weighted by molar-refractivity contribution is 6.30. The van der Waals surface area contributed by atoms with Crippen LogP contribution >= 0.6 is 24.0 Å². The molecule has 0 radical (unpaired) electrons. The molecule has 0 spiro atoms. The minimum atomic E-state index is 0. The normalized spacial score (nSPS) is 10.8. The first kappa shape index (κ1) is 16.5. The predicted octanol–water partition coefficient (Wildman–Crippen LogP) is 4.41. The molecule has 96 valence electrons. The van der Waals surface area contributed by atoms with Gasteiger partial charge < -0.3 is 5.32 Å². The van der Waals surface area contributed by atoms with Gasteiger partial charge in [-0.3, -0.25) is 0 Å². The molecule has 0 aliphatic carbocycles. The largest absolute Gasteiger partial charge is 0.313 e. The second-order valence-corrected chi connectivity index (χ2v) is 4.78. The Bertz CT molecular complexity index is 317. The molecule has 1 aromatic carbocycles. The van der Waals surface area contributed by atoms with Crippen molar-refractivity contribution in [1.29, 1.82) is 0 Å². The summed E-state index contributed by atoms with van der Waals surface area (Å²) in [6, 6.07) is 7.86. The van der Waals surface area contributed by atoms with Crippen LogP contribution in [0.15, 0.2) is 30.3 Å². The van der Waals surface area contributed by atoms with Crippen molar-refractivity contribution in [3.8, 4) is 0 Å². The smallest absolute Gasteiger partial charge is 0.0406 e. The van der Waals surface area contributed by atoms with Crippen LogP contribution in [0.5, 0.6) is 0 Å². The highest BCUT2D eigenvalue weighted by Gasteiger charge is 1.91. The molecule has 0 aliphatic rings. The lowest BCUT2D eigenvalue weighted by Gasteiger charge is -2.03. The molecule has 0 saturated heterocycles. The summed E-state index contributed by atoms with van der Waals surface area (Å²) in [5, 5.41) is 4.17. The monoisotopic (exact) mass is 273 g/mol. The Morgan fingerprint density at radius 1 is 1.24 bits per heavy atom. The maximum absolute atomic E-state index is 5.81. The van der Waals surface area contributed by atoms with Crippen molar-refractivity contribution in [2.24, 2.45) is 5.92 Å². The molecule has 0 saturated carbocycles. The molecule has 0 amide bonds. The summed E-state index contributed by atoms with van der Waals surface area (Å²) in [5.41, 5.74) is 1.19. The predicted molar refractivity (Wildman–Crippen MR) is 80.1 cm³/mol. The van der Waals surface area contributed by atoms with E-state index in [1.54, 1.807) is 0 Å². The number of hydrogen-bond acceptors (Lipinski definition) is 1. The van der Waals surface area contributed by atoms with Crippen LogP contribution in [0.3, 0.4) is 0 Å². The molecule has 0 aliphatic heterocycles. The molecule has 1 rings (SSSR count). The van der Waals surface area contributed by atoms with Crippen LogP contribution in [0, 0.1) is 5.92 Å². The van der Waals surface area contributed by atoms with Gasteiger partial charge >= 0.3 is 0 Å². The van der Waals surface area contributed by atoms with Crippen LogP contribution in [0.25, 0.3) is 6.08 Å². The molecule has 1 aromatic rings. The van der Waals surface area contributed by atoms with Gasteiger partial charge in [0.05, 0.1) is 0 Å². The van der Waals surface area contributed by atoms with Gasteiger partial charge in [0.25, 0.3) is 0 Å².